The first-order valence-electron chi connectivity index (χ1n) is 8.18. The fraction of sp³-hybridized carbons (Fsp3) is 0.438. The lowest BCUT2D eigenvalue weighted by Gasteiger charge is -2.11. The van der Waals surface area contributed by atoms with E-state index >= 15 is 0 Å². The van der Waals surface area contributed by atoms with Crippen LogP contribution in [0, 0.1) is 10.1 Å². The molecule has 10 nitrogen and oxygen atoms in total. The minimum Gasteiger partial charge on any atom is -0.481 e. The summed E-state index contributed by atoms with van der Waals surface area (Å²) in [5, 5.41) is 25.0. The van der Waals surface area contributed by atoms with Crippen molar-refractivity contribution in [3.8, 4) is 0 Å². The van der Waals surface area contributed by atoms with Gasteiger partial charge in [0.05, 0.1) is 12.0 Å². The number of nitrogens with one attached hydrogen (secondary N) is 2. The number of aliphatic carboxylic acids is 1. The SMILES string of the molecule is CCCSc1ccc([N+](=O)[O-])c(/N=C(/NCCCC(=O)O)NC(=O)OC)c1. The molecule has 0 unspecified atom stereocenters. The third kappa shape index (κ3) is 8.40. The van der Waals surface area contributed by atoms with Crippen molar-refractivity contribution in [2.24, 2.45) is 4.99 Å². The maximum Gasteiger partial charge on any atom is 0.413 e. The van der Waals surface area contributed by atoms with Crippen LogP contribution >= 0.6 is 11.8 Å². The molecule has 27 heavy (non-hydrogen) atoms. The number of amides is 1. The van der Waals surface area contributed by atoms with E-state index in [4.69, 9.17) is 5.11 Å². The number of nitrogens with zero attached hydrogens (tertiary/aromatic N) is 2. The summed E-state index contributed by atoms with van der Waals surface area (Å²) in [5.41, 5.74) is -0.148. The van der Waals surface area contributed by atoms with Crippen LogP contribution in [-0.4, -0.2) is 47.5 Å². The Labute approximate surface area is 160 Å². The lowest BCUT2D eigenvalue weighted by Crippen LogP contribution is -2.41. The molecule has 3 N–H and O–H groups in total. The number of alkyl carbamates (subject to hydrolysis) is 1. The number of carbonyl (C=O) groups excluding carboxylic acids is 1. The number of rotatable bonds is 9. The minimum absolute atomic E-state index is 0.0621. The Morgan fingerprint density at radius 1 is 1.41 bits per heavy atom. The predicted molar refractivity (Wildman–Crippen MR) is 102 cm³/mol. The molecule has 1 amide bonds. The Hall–Kier alpha value is -2.82. The Morgan fingerprint density at radius 2 is 2.15 bits per heavy atom. The number of nitro groups is 1. The van der Waals surface area contributed by atoms with Crippen molar-refractivity contribution in [2.45, 2.75) is 31.1 Å². The summed E-state index contributed by atoms with van der Waals surface area (Å²) in [6.45, 7) is 2.23. The molecule has 148 valence electrons. The number of carbonyl (C=O) groups is 2. The fourth-order valence-corrected chi connectivity index (χ4v) is 2.68. The number of benzene rings is 1. The van der Waals surface area contributed by atoms with Gasteiger partial charge in [-0.2, -0.15) is 0 Å². The second-order valence-corrected chi connectivity index (χ2v) is 6.43. The van der Waals surface area contributed by atoms with E-state index in [9.17, 15) is 19.7 Å². The zero-order valence-corrected chi connectivity index (χ0v) is 15.9. The van der Waals surface area contributed by atoms with Gasteiger partial charge in [0.15, 0.2) is 0 Å². The summed E-state index contributed by atoms with van der Waals surface area (Å²) in [7, 11) is 1.17. The molecule has 0 saturated heterocycles. The highest BCUT2D eigenvalue weighted by molar-refractivity contribution is 7.99. The van der Waals surface area contributed by atoms with Gasteiger partial charge in [-0.25, -0.2) is 9.79 Å². The maximum absolute atomic E-state index is 11.5. The number of hydrogen-bond acceptors (Lipinski definition) is 7. The molecule has 0 atom stereocenters. The number of guanidine groups is 1. The van der Waals surface area contributed by atoms with E-state index in [-0.39, 0.29) is 36.7 Å². The first-order chi connectivity index (χ1) is 12.9. The van der Waals surface area contributed by atoms with Gasteiger partial charge in [0.2, 0.25) is 5.96 Å². The summed E-state index contributed by atoms with van der Waals surface area (Å²) in [6, 6.07) is 4.57. The molecule has 0 saturated carbocycles. The molecule has 0 spiro atoms. The molecule has 0 radical (unpaired) electrons. The van der Waals surface area contributed by atoms with E-state index < -0.39 is 17.0 Å². The average molecular weight is 398 g/mol. The van der Waals surface area contributed by atoms with Crippen molar-refractivity contribution < 1.29 is 24.4 Å². The van der Waals surface area contributed by atoms with Gasteiger partial charge in [0, 0.05) is 23.9 Å². The molecule has 0 aliphatic rings. The second kappa shape index (κ2) is 11.7. The summed E-state index contributed by atoms with van der Waals surface area (Å²) in [5.74, 6) is -0.165. The lowest BCUT2D eigenvalue weighted by molar-refractivity contribution is -0.384. The summed E-state index contributed by atoms with van der Waals surface area (Å²) < 4.78 is 4.51. The number of hydrogen-bond donors (Lipinski definition) is 3. The normalized spacial score (nSPS) is 11.0. The second-order valence-electron chi connectivity index (χ2n) is 5.26. The van der Waals surface area contributed by atoms with E-state index in [0.29, 0.717) is 0 Å². The molecule has 0 heterocycles. The Morgan fingerprint density at radius 3 is 2.74 bits per heavy atom. The van der Waals surface area contributed by atoms with E-state index in [1.165, 1.54) is 24.9 Å². The molecule has 0 bridgehead atoms. The molecule has 11 heteroatoms. The molecule has 0 aliphatic carbocycles. The molecule has 1 aromatic carbocycles. The molecule has 0 aromatic heterocycles. The van der Waals surface area contributed by atoms with Crippen LogP contribution in [0.25, 0.3) is 0 Å². The number of carboxylic acids is 1. The first kappa shape index (κ1) is 22.2. The molecular formula is C16H22N4O6S. The van der Waals surface area contributed by atoms with Crippen LogP contribution in [0.5, 0.6) is 0 Å². The van der Waals surface area contributed by atoms with Gasteiger partial charge in [-0.3, -0.25) is 20.2 Å². The van der Waals surface area contributed by atoms with Crippen molar-refractivity contribution in [1.29, 1.82) is 0 Å². The summed E-state index contributed by atoms with van der Waals surface area (Å²) in [6.07, 6.45) is 0.354. The van der Waals surface area contributed by atoms with Gasteiger partial charge in [-0.15, -0.1) is 11.8 Å². The van der Waals surface area contributed by atoms with Gasteiger partial charge >= 0.3 is 12.1 Å². The minimum atomic E-state index is -0.951. The number of ether oxygens (including phenoxy) is 1. The highest BCUT2D eigenvalue weighted by atomic mass is 32.2. The number of methoxy groups -OCH3 is 1. The zero-order valence-electron chi connectivity index (χ0n) is 15.1. The first-order valence-corrected chi connectivity index (χ1v) is 9.16. The number of nitro benzene ring substituents is 1. The smallest absolute Gasteiger partial charge is 0.413 e. The third-order valence-electron chi connectivity index (χ3n) is 3.11. The summed E-state index contributed by atoms with van der Waals surface area (Å²) in [4.78, 5) is 37.7. The van der Waals surface area contributed by atoms with Crippen LogP contribution in [0.2, 0.25) is 0 Å². The molecule has 1 rings (SSSR count). The molecular weight excluding hydrogens is 376 g/mol. The van der Waals surface area contributed by atoms with Gasteiger partial charge in [-0.1, -0.05) is 6.92 Å². The predicted octanol–water partition coefficient (Wildman–Crippen LogP) is 2.89. The number of carboxylic acid groups (broad SMARTS) is 1. The van der Waals surface area contributed by atoms with Gasteiger partial charge < -0.3 is 15.2 Å². The summed E-state index contributed by atoms with van der Waals surface area (Å²) >= 11 is 1.54. The van der Waals surface area contributed by atoms with Gasteiger partial charge in [0.25, 0.3) is 5.69 Å². The number of aliphatic imine (C=N–C) groups is 1. The van der Waals surface area contributed by atoms with Crippen molar-refractivity contribution in [2.75, 3.05) is 19.4 Å². The molecule has 0 fully saturated rings. The monoisotopic (exact) mass is 398 g/mol. The van der Waals surface area contributed by atoms with Crippen molar-refractivity contribution in [3.05, 3.63) is 28.3 Å². The molecule has 1 aromatic rings. The van der Waals surface area contributed by atoms with Crippen molar-refractivity contribution in [1.82, 2.24) is 10.6 Å². The highest BCUT2D eigenvalue weighted by Crippen LogP contribution is 2.32. The van der Waals surface area contributed by atoms with Crippen LogP contribution in [0.1, 0.15) is 26.2 Å². The van der Waals surface area contributed by atoms with E-state index in [1.807, 2.05) is 6.92 Å². The Kier molecular flexibility index (Phi) is 9.65. The van der Waals surface area contributed by atoms with Crippen molar-refractivity contribution >= 4 is 41.2 Å². The Balaban J connectivity index is 3.10. The topological polar surface area (TPSA) is 143 Å². The van der Waals surface area contributed by atoms with Crippen LogP contribution in [-0.2, 0) is 9.53 Å². The maximum atomic E-state index is 11.5. The number of thioether (sulfide) groups is 1. The van der Waals surface area contributed by atoms with E-state index in [2.05, 4.69) is 20.4 Å². The zero-order chi connectivity index (χ0) is 20.2. The van der Waals surface area contributed by atoms with E-state index in [1.54, 1.807) is 12.1 Å². The lowest BCUT2D eigenvalue weighted by atomic mass is 10.3. The average Bonchev–Trinajstić information content (AvgIpc) is 2.62. The van der Waals surface area contributed by atoms with Crippen molar-refractivity contribution in [3.63, 3.8) is 0 Å². The van der Waals surface area contributed by atoms with Crippen LogP contribution in [0.4, 0.5) is 16.2 Å². The van der Waals surface area contributed by atoms with Gasteiger partial charge in [0.1, 0.15) is 5.69 Å². The molecule has 0 aliphatic heterocycles. The standard InChI is InChI=1S/C16H22N4O6S/c1-3-9-27-11-6-7-13(20(24)25)12(10-11)18-15(19-16(23)26-2)17-8-4-5-14(21)22/h6-7,10H,3-5,8-9H2,1-2H3,(H,21,22)(H2,17,18,19,23). The van der Waals surface area contributed by atoms with Gasteiger partial charge in [-0.05, 0) is 30.7 Å². The fourth-order valence-electron chi connectivity index (χ4n) is 1.88. The highest BCUT2D eigenvalue weighted by Gasteiger charge is 2.16. The van der Waals surface area contributed by atoms with E-state index in [0.717, 1.165) is 17.1 Å². The third-order valence-corrected chi connectivity index (χ3v) is 4.31. The van der Waals surface area contributed by atoms with Crippen LogP contribution in [0.3, 0.4) is 0 Å². The Bertz CT molecular complexity index is 710. The van der Waals surface area contributed by atoms with Crippen LogP contribution in [0.15, 0.2) is 28.1 Å². The largest absolute Gasteiger partial charge is 0.481 e. The quantitative estimate of drug-likeness (QED) is 0.144. The van der Waals surface area contributed by atoms with Crippen LogP contribution < -0.4 is 10.6 Å².